The highest BCUT2D eigenvalue weighted by Gasteiger charge is 2.29. The number of rotatable bonds is 5. The monoisotopic (exact) mass is 326 g/mol. The standard InChI is InChI=1S/C15H22N2O4S/c1-3-22(19,20)16-12(2)15(18)17-9-10-21-14(11-17)13-7-5-4-6-8-13/h4-8,12,14,16H,3,9-11H2,1-2H3/t12-,14?/m1/s1. The van der Waals surface area contributed by atoms with Gasteiger partial charge in [0.2, 0.25) is 15.9 Å². The van der Waals surface area contributed by atoms with Gasteiger partial charge < -0.3 is 9.64 Å². The molecule has 2 rings (SSSR count). The molecule has 1 fully saturated rings. The zero-order chi connectivity index (χ0) is 16.2. The van der Waals surface area contributed by atoms with Crippen molar-refractivity contribution in [2.75, 3.05) is 25.4 Å². The lowest BCUT2D eigenvalue weighted by Gasteiger charge is -2.34. The fraction of sp³-hybridized carbons (Fsp3) is 0.533. The number of carbonyl (C=O) groups is 1. The van der Waals surface area contributed by atoms with E-state index in [1.165, 1.54) is 0 Å². The molecule has 0 spiro atoms. The second-order valence-electron chi connectivity index (χ2n) is 5.30. The highest BCUT2D eigenvalue weighted by atomic mass is 32.2. The first-order valence-electron chi connectivity index (χ1n) is 7.38. The van der Waals surface area contributed by atoms with Gasteiger partial charge in [0.1, 0.15) is 6.10 Å². The molecule has 0 saturated carbocycles. The van der Waals surface area contributed by atoms with E-state index >= 15 is 0 Å². The quantitative estimate of drug-likeness (QED) is 0.873. The van der Waals surface area contributed by atoms with Crippen LogP contribution >= 0.6 is 0 Å². The molecule has 0 radical (unpaired) electrons. The number of benzene rings is 1. The Morgan fingerprint density at radius 3 is 2.73 bits per heavy atom. The van der Waals surface area contributed by atoms with Gasteiger partial charge in [-0.25, -0.2) is 13.1 Å². The lowest BCUT2D eigenvalue weighted by atomic mass is 10.1. The van der Waals surface area contributed by atoms with E-state index in [9.17, 15) is 13.2 Å². The number of sulfonamides is 1. The average molecular weight is 326 g/mol. The molecule has 1 aliphatic heterocycles. The van der Waals surface area contributed by atoms with Crippen LogP contribution in [-0.2, 0) is 19.6 Å². The van der Waals surface area contributed by atoms with E-state index in [-0.39, 0.29) is 17.8 Å². The Kier molecular flexibility index (Phi) is 5.55. The predicted octanol–water partition coefficient (Wildman–Crippen LogP) is 0.914. The van der Waals surface area contributed by atoms with Crippen LogP contribution < -0.4 is 4.72 Å². The summed E-state index contributed by atoms with van der Waals surface area (Å²) < 4.78 is 31.3. The van der Waals surface area contributed by atoms with E-state index in [0.717, 1.165) is 5.56 Å². The zero-order valence-corrected chi connectivity index (χ0v) is 13.7. The summed E-state index contributed by atoms with van der Waals surface area (Å²) in [6.07, 6.45) is -0.172. The largest absolute Gasteiger partial charge is 0.370 e. The number of carbonyl (C=O) groups excluding carboxylic acids is 1. The van der Waals surface area contributed by atoms with E-state index in [1.807, 2.05) is 30.3 Å². The summed E-state index contributed by atoms with van der Waals surface area (Å²) in [4.78, 5) is 14.1. The first-order valence-corrected chi connectivity index (χ1v) is 9.03. The summed E-state index contributed by atoms with van der Waals surface area (Å²) in [7, 11) is -3.40. The molecule has 0 bridgehead atoms. The van der Waals surface area contributed by atoms with E-state index in [4.69, 9.17) is 4.74 Å². The van der Waals surface area contributed by atoms with E-state index < -0.39 is 16.1 Å². The molecule has 1 aliphatic rings. The molecule has 22 heavy (non-hydrogen) atoms. The number of nitrogens with one attached hydrogen (secondary N) is 1. The minimum absolute atomic E-state index is 0.0413. The Morgan fingerprint density at radius 2 is 2.09 bits per heavy atom. The second-order valence-corrected chi connectivity index (χ2v) is 7.34. The van der Waals surface area contributed by atoms with Crippen molar-refractivity contribution in [3.63, 3.8) is 0 Å². The molecule has 122 valence electrons. The SMILES string of the molecule is CCS(=O)(=O)N[C@H](C)C(=O)N1CCOC(c2ccccc2)C1. The van der Waals surface area contributed by atoms with Crippen molar-refractivity contribution >= 4 is 15.9 Å². The van der Waals surface area contributed by atoms with Crippen molar-refractivity contribution in [2.24, 2.45) is 0 Å². The van der Waals surface area contributed by atoms with Crippen molar-refractivity contribution in [3.05, 3.63) is 35.9 Å². The first-order chi connectivity index (χ1) is 10.4. The van der Waals surface area contributed by atoms with Gasteiger partial charge in [-0.05, 0) is 19.4 Å². The minimum Gasteiger partial charge on any atom is -0.370 e. The maximum absolute atomic E-state index is 12.4. The summed E-state index contributed by atoms with van der Waals surface area (Å²) in [5, 5.41) is 0. The molecule has 7 heteroatoms. The smallest absolute Gasteiger partial charge is 0.240 e. The third-order valence-electron chi connectivity index (χ3n) is 3.66. The van der Waals surface area contributed by atoms with Gasteiger partial charge in [-0.1, -0.05) is 30.3 Å². The van der Waals surface area contributed by atoms with Crippen LogP contribution in [0.15, 0.2) is 30.3 Å². The highest BCUT2D eigenvalue weighted by molar-refractivity contribution is 7.89. The van der Waals surface area contributed by atoms with E-state index in [0.29, 0.717) is 19.7 Å². The molecule has 0 aromatic heterocycles. The average Bonchev–Trinajstić information content (AvgIpc) is 2.54. The number of ether oxygens (including phenoxy) is 1. The number of hydrogen-bond acceptors (Lipinski definition) is 4. The Morgan fingerprint density at radius 1 is 1.41 bits per heavy atom. The van der Waals surface area contributed by atoms with Crippen molar-refractivity contribution in [1.29, 1.82) is 0 Å². The number of nitrogens with zero attached hydrogens (tertiary/aromatic N) is 1. The molecule has 0 aliphatic carbocycles. The lowest BCUT2D eigenvalue weighted by molar-refractivity contribution is -0.140. The molecule has 6 nitrogen and oxygen atoms in total. The second kappa shape index (κ2) is 7.21. The number of hydrogen-bond donors (Lipinski definition) is 1. The van der Waals surface area contributed by atoms with Crippen molar-refractivity contribution in [2.45, 2.75) is 26.0 Å². The van der Waals surface area contributed by atoms with Crippen LogP contribution in [0.5, 0.6) is 0 Å². The molecular formula is C15H22N2O4S. The Labute approximate surface area is 131 Å². The van der Waals surface area contributed by atoms with Crippen LogP contribution in [0.3, 0.4) is 0 Å². The fourth-order valence-electron chi connectivity index (χ4n) is 2.40. The number of amides is 1. The van der Waals surface area contributed by atoms with Crippen molar-refractivity contribution < 1.29 is 17.9 Å². The first kappa shape index (κ1) is 16.9. The summed E-state index contributed by atoms with van der Waals surface area (Å²) in [6.45, 7) is 4.46. The predicted molar refractivity (Wildman–Crippen MR) is 83.8 cm³/mol. The van der Waals surface area contributed by atoms with E-state index in [2.05, 4.69) is 4.72 Å². The zero-order valence-electron chi connectivity index (χ0n) is 12.9. The third-order valence-corrected chi connectivity index (χ3v) is 5.13. The van der Waals surface area contributed by atoms with Crippen LogP contribution in [0.25, 0.3) is 0 Å². The molecular weight excluding hydrogens is 304 g/mol. The molecule has 1 aromatic carbocycles. The van der Waals surface area contributed by atoms with Crippen molar-refractivity contribution in [1.82, 2.24) is 9.62 Å². The topological polar surface area (TPSA) is 75.7 Å². The molecule has 1 amide bonds. The van der Waals surface area contributed by atoms with Gasteiger partial charge >= 0.3 is 0 Å². The normalized spacial score (nSPS) is 20.6. The van der Waals surface area contributed by atoms with Crippen LogP contribution in [-0.4, -0.2) is 50.7 Å². The number of morpholine rings is 1. The van der Waals surface area contributed by atoms with Gasteiger partial charge in [0.15, 0.2) is 0 Å². The lowest BCUT2D eigenvalue weighted by Crippen LogP contribution is -2.51. The van der Waals surface area contributed by atoms with Gasteiger partial charge in [-0.15, -0.1) is 0 Å². The van der Waals surface area contributed by atoms with Crippen LogP contribution in [0, 0.1) is 0 Å². The van der Waals surface area contributed by atoms with Crippen LogP contribution in [0.1, 0.15) is 25.5 Å². The van der Waals surface area contributed by atoms with Gasteiger partial charge in [0.05, 0.1) is 24.9 Å². The van der Waals surface area contributed by atoms with Crippen LogP contribution in [0.4, 0.5) is 0 Å². The van der Waals surface area contributed by atoms with Crippen LogP contribution in [0.2, 0.25) is 0 Å². The molecule has 2 atom stereocenters. The molecule has 1 unspecified atom stereocenters. The molecule has 1 saturated heterocycles. The molecule has 1 aromatic rings. The maximum atomic E-state index is 12.4. The molecule has 1 heterocycles. The van der Waals surface area contributed by atoms with Gasteiger partial charge in [-0.2, -0.15) is 0 Å². The van der Waals surface area contributed by atoms with Crippen molar-refractivity contribution in [3.8, 4) is 0 Å². The summed E-state index contributed by atoms with van der Waals surface area (Å²) >= 11 is 0. The summed E-state index contributed by atoms with van der Waals surface area (Å²) in [5.41, 5.74) is 1.02. The maximum Gasteiger partial charge on any atom is 0.240 e. The van der Waals surface area contributed by atoms with Gasteiger partial charge in [-0.3, -0.25) is 4.79 Å². The molecule has 1 N–H and O–H groups in total. The minimum atomic E-state index is -3.40. The highest BCUT2D eigenvalue weighted by Crippen LogP contribution is 2.22. The summed E-state index contributed by atoms with van der Waals surface area (Å²) in [5.74, 6) is -0.262. The Balaban J connectivity index is 2.01. The Hall–Kier alpha value is -1.44. The summed E-state index contributed by atoms with van der Waals surface area (Å²) in [6, 6.07) is 8.94. The third kappa shape index (κ3) is 4.28. The van der Waals surface area contributed by atoms with E-state index in [1.54, 1.807) is 18.7 Å². The van der Waals surface area contributed by atoms with Gasteiger partial charge in [0, 0.05) is 6.54 Å². The van der Waals surface area contributed by atoms with Gasteiger partial charge in [0.25, 0.3) is 0 Å². The Bertz CT molecular complexity index is 603. The fourth-order valence-corrected chi connectivity index (χ4v) is 3.20.